The molecule has 0 bridgehead atoms. The SMILES string of the molecule is Fc1ccc(N=c2scc(-c3ccc(Cl)cc3Cl)n2N=Cc2ccc[nH]2)c(F)c1. The maximum Gasteiger partial charge on any atom is 0.211 e. The predicted octanol–water partition coefficient (Wildman–Crippen LogP) is 6.24. The maximum absolute atomic E-state index is 14.1. The molecule has 0 amide bonds. The maximum atomic E-state index is 14.1. The molecule has 2 heterocycles. The molecule has 2 aromatic carbocycles. The van der Waals surface area contributed by atoms with Crippen LogP contribution >= 0.6 is 34.5 Å². The Morgan fingerprint density at radius 1 is 1.07 bits per heavy atom. The standard InChI is InChI=1S/C20H12Cl2F2N4S/c21-12-3-5-15(16(22)8-12)19-11-29-20(27-18-6-4-13(23)9-17(18)24)28(19)26-10-14-2-1-7-25-14/h1-11,25H. The monoisotopic (exact) mass is 448 g/mol. The first kappa shape index (κ1) is 19.6. The molecular weight excluding hydrogens is 437 g/mol. The molecule has 0 aliphatic rings. The Hall–Kier alpha value is -2.74. The van der Waals surface area contributed by atoms with Crippen molar-refractivity contribution in [3.8, 4) is 11.3 Å². The van der Waals surface area contributed by atoms with E-state index in [9.17, 15) is 8.78 Å². The molecule has 9 heteroatoms. The number of benzene rings is 2. The van der Waals surface area contributed by atoms with Crippen LogP contribution in [0.25, 0.3) is 11.3 Å². The molecule has 2 aromatic heterocycles. The second-order valence-electron chi connectivity index (χ2n) is 5.92. The lowest BCUT2D eigenvalue weighted by atomic mass is 10.2. The van der Waals surface area contributed by atoms with E-state index in [1.54, 1.807) is 40.7 Å². The highest BCUT2D eigenvalue weighted by molar-refractivity contribution is 7.07. The second-order valence-corrected chi connectivity index (χ2v) is 7.60. The summed E-state index contributed by atoms with van der Waals surface area (Å²) in [7, 11) is 0. The fourth-order valence-corrected chi connectivity index (χ4v) is 3.94. The van der Waals surface area contributed by atoms with Crippen LogP contribution in [0.2, 0.25) is 10.0 Å². The van der Waals surface area contributed by atoms with Crippen LogP contribution in [0.15, 0.2) is 70.2 Å². The lowest BCUT2D eigenvalue weighted by molar-refractivity contribution is 0.584. The Morgan fingerprint density at radius 3 is 2.66 bits per heavy atom. The molecule has 0 spiro atoms. The van der Waals surface area contributed by atoms with Gasteiger partial charge in [0.2, 0.25) is 4.80 Å². The lowest BCUT2D eigenvalue weighted by Gasteiger charge is -2.06. The highest BCUT2D eigenvalue weighted by Gasteiger charge is 2.12. The Bertz CT molecular complexity index is 1260. The molecule has 1 N–H and O–H groups in total. The van der Waals surface area contributed by atoms with Crippen LogP contribution in [0.3, 0.4) is 0 Å². The molecule has 29 heavy (non-hydrogen) atoms. The van der Waals surface area contributed by atoms with Crippen molar-refractivity contribution in [1.29, 1.82) is 0 Å². The van der Waals surface area contributed by atoms with Gasteiger partial charge in [-0.3, -0.25) is 0 Å². The minimum Gasteiger partial charge on any atom is -0.360 e. The zero-order valence-electron chi connectivity index (χ0n) is 14.6. The van der Waals surface area contributed by atoms with E-state index >= 15 is 0 Å². The average molecular weight is 449 g/mol. The van der Waals surface area contributed by atoms with E-state index in [1.807, 2.05) is 12.1 Å². The number of halogens is 4. The molecule has 0 radical (unpaired) electrons. The summed E-state index contributed by atoms with van der Waals surface area (Å²) in [6.45, 7) is 0. The van der Waals surface area contributed by atoms with Gasteiger partial charge in [0.25, 0.3) is 0 Å². The van der Waals surface area contributed by atoms with Crippen molar-refractivity contribution in [2.75, 3.05) is 0 Å². The Balaban J connectivity index is 1.89. The van der Waals surface area contributed by atoms with E-state index in [0.29, 0.717) is 26.1 Å². The molecular formula is C20H12Cl2F2N4S. The van der Waals surface area contributed by atoms with Gasteiger partial charge in [-0.15, -0.1) is 11.3 Å². The van der Waals surface area contributed by atoms with Gasteiger partial charge in [-0.25, -0.2) is 18.4 Å². The molecule has 4 rings (SSSR count). The largest absolute Gasteiger partial charge is 0.360 e. The van der Waals surface area contributed by atoms with Crippen LogP contribution in [0.5, 0.6) is 0 Å². The zero-order chi connectivity index (χ0) is 20.4. The molecule has 0 aliphatic carbocycles. The van der Waals surface area contributed by atoms with Crippen LogP contribution in [0.1, 0.15) is 5.69 Å². The molecule has 0 fully saturated rings. The van der Waals surface area contributed by atoms with Gasteiger partial charge in [0.05, 0.1) is 22.6 Å². The van der Waals surface area contributed by atoms with E-state index in [4.69, 9.17) is 23.2 Å². The molecule has 0 unspecified atom stereocenters. The minimum absolute atomic E-state index is 0.00540. The van der Waals surface area contributed by atoms with Crippen molar-refractivity contribution >= 4 is 46.4 Å². The summed E-state index contributed by atoms with van der Waals surface area (Å²) >= 11 is 13.6. The highest BCUT2D eigenvalue weighted by atomic mass is 35.5. The summed E-state index contributed by atoms with van der Waals surface area (Å²) in [6, 6.07) is 12.0. The molecule has 0 atom stereocenters. The number of nitrogens with zero attached hydrogens (tertiary/aromatic N) is 3. The Labute approximate surface area is 178 Å². The molecule has 146 valence electrons. The normalized spacial score (nSPS) is 12.2. The lowest BCUT2D eigenvalue weighted by Crippen LogP contribution is -2.12. The van der Waals surface area contributed by atoms with Gasteiger partial charge in [0.1, 0.15) is 11.5 Å². The van der Waals surface area contributed by atoms with Crippen LogP contribution in [0, 0.1) is 11.6 Å². The van der Waals surface area contributed by atoms with Gasteiger partial charge < -0.3 is 4.98 Å². The van der Waals surface area contributed by atoms with Gasteiger partial charge >= 0.3 is 0 Å². The first-order valence-electron chi connectivity index (χ1n) is 8.35. The fourth-order valence-electron chi connectivity index (χ4n) is 2.59. The van der Waals surface area contributed by atoms with Gasteiger partial charge in [-0.2, -0.15) is 5.10 Å². The van der Waals surface area contributed by atoms with Crippen molar-refractivity contribution < 1.29 is 8.78 Å². The number of H-pyrrole nitrogens is 1. The fraction of sp³-hybridized carbons (Fsp3) is 0. The van der Waals surface area contributed by atoms with Crippen LogP contribution in [0.4, 0.5) is 14.5 Å². The predicted molar refractivity (Wildman–Crippen MR) is 113 cm³/mol. The summed E-state index contributed by atoms with van der Waals surface area (Å²) in [5, 5.41) is 7.24. The number of nitrogens with one attached hydrogen (secondary N) is 1. The van der Waals surface area contributed by atoms with Crippen molar-refractivity contribution in [2.24, 2.45) is 10.1 Å². The third kappa shape index (κ3) is 4.32. The van der Waals surface area contributed by atoms with Crippen molar-refractivity contribution in [2.45, 2.75) is 0 Å². The number of hydrogen-bond donors (Lipinski definition) is 1. The van der Waals surface area contributed by atoms with Crippen LogP contribution in [-0.2, 0) is 0 Å². The van der Waals surface area contributed by atoms with Gasteiger partial charge in [0, 0.05) is 28.2 Å². The first-order valence-corrected chi connectivity index (χ1v) is 9.98. The highest BCUT2D eigenvalue weighted by Crippen LogP contribution is 2.31. The van der Waals surface area contributed by atoms with Crippen molar-refractivity contribution in [3.05, 3.63) is 92.3 Å². The van der Waals surface area contributed by atoms with E-state index < -0.39 is 11.6 Å². The summed E-state index contributed by atoms with van der Waals surface area (Å²) in [5.74, 6) is -1.43. The Morgan fingerprint density at radius 2 is 1.93 bits per heavy atom. The molecule has 0 saturated carbocycles. The smallest absolute Gasteiger partial charge is 0.211 e. The van der Waals surface area contributed by atoms with E-state index in [2.05, 4.69) is 15.1 Å². The zero-order valence-corrected chi connectivity index (χ0v) is 16.9. The molecule has 0 saturated heterocycles. The number of hydrogen-bond acceptors (Lipinski definition) is 3. The van der Waals surface area contributed by atoms with E-state index in [-0.39, 0.29) is 5.69 Å². The molecule has 0 aliphatic heterocycles. The topological polar surface area (TPSA) is 45.4 Å². The summed E-state index contributed by atoms with van der Waals surface area (Å²) in [5.41, 5.74) is 2.12. The molecule has 4 aromatic rings. The van der Waals surface area contributed by atoms with Gasteiger partial charge in [-0.1, -0.05) is 23.2 Å². The molecule has 4 nitrogen and oxygen atoms in total. The van der Waals surface area contributed by atoms with Crippen LogP contribution in [-0.4, -0.2) is 15.9 Å². The second kappa shape index (κ2) is 8.32. The van der Waals surface area contributed by atoms with Gasteiger partial charge in [-0.05, 0) is 42.5 Å². The Kier molecular flexibility index (Phi) is 5.62. The van der Waals surface area contributed by atoms with E-state index in [1.165, 1.54) is 17.4 Å². The van der Waals surface area contributed by atoms with Gasteiger partial charge in [0.15, 0.2) is 5.82 Å². The van der Waals surface area contributed by atoms with Crippen LogP contribution < -0.4 is 4.80 Å². The third-order valence-corrected chi connectivity index (χ3v) is 5.32. The number of rotatable bonds is 4. The number of thiazole rings is 1. The average Bonchev–Trinajstić information content (AvgIpc) is 3.32. The third-order valence-electron chi connectivity index (χ3n) is 3.95. The van der Waals surface area contributed by atoms with Crippen molar-refractivity contribution in [3.63, 3.8) is 0 Å². The quantitative estimate of drug-likeness (QED) is 0.359. The number of aromatic amines is 1. The summed E-state index contributed by atoms with van der Waals surface area (Å²) < 4.78 is 28.9. The van der Waals surface area contributed by atoms with Crippen molar-refractivity contribution in [1.82, 2.24) is 9.66 Å². The van der Waals surface area contributed by atoms with E-state index in [0.717, 1.165) is 17.8 Å². The number of aromatic nitrogens is 2. The first-order chi connectivity index (χ1) is 14.0. The summed E-state index contributed by atoms with van der Waals surface area (Å²) in [4.78, 5) is 7.74. The minimum atomic E-state index is -0.760. The summed E-state index contributed by atoms with van der Waals surface area (Å²) in [6.07, 6.45) is 3.38.